The number of nitrogens with two attached hydrogens (primary N) is 2. The fourth-order valence-corrected chi connectivity index (χ4v) is 7.34. The number of nitrogens with zero attached hydrogens (tertiary/aromatic N) is 4. The quantitative estimate of drug-likeness (QED) is 0.162. The van der Waals surface area contributed by atoms with Crippen molar-refractivity contribution in [2.24, 2.45) is 28.3 Å². The van der Waals surface area contributed by atoms with Crippen LogP contribution in [0.5, 0.6) is 0 Å². The van der Waals surface area contributed by atoms with E-state index in [9.17, 15) is 14.0 Å². The van der Waals surface area contributed by atoms with Crippen LogP contribution in [0.15, 0.2) is 4.99 Å². The summed E-state index contributed by atoms with van der Waals surface area (Å²) >= 11 is 0. The van der Waals surface area contributed by atoms with Crippen LogP contribution in [0.25, 0.3) is 0 Å². The number of rotatable bonds is 15. The van der Waals surface area contributed by atoms with E-state index < -0.39 is 48.5 Å². The Balaban J connectivity index is 1.58. The lowest BCUT2D eigenvalue weighted by molar-refractivity contribution is -0.140. The third kappa shape index (κ3) is 10.1. The van der Waals surface area contributed by atoms with Gasteiger partial charge in [0.1, 0.15) is 12.3 Å². The minimum absolute atomic E-state index is 0.0656. The Morgan fingerprint density at radius 3 is 2.41 bits per heavy atom. The highest BCUT2D eigenvalue weighted by atomic mass is 19.1. The Kier molecular flexibility index (Phi) is 15.4. The van der Waals surface area contributed by atoms with Crippen LogP contribution >= 0.6 is 0 Å². The molecule has 254 valence electrons. The molecule has 0 spiro atoms. The fraction of sp³-hybridized carbons (Fsp3) is 0.906. The maximum atomic E-state index is 15.5. The minimum atomic E-state index is -1.20. The largest absolute Gasteiger partial charge is 0.350 e. The Labute approximate surface area is 264 Å². The van der Waals surface area contributed by atoms with Gasteiger partial charge in [0.2, 0.25) is 11.8 Å². The van der Waals surface area contributed by atoms with Gasteiger partial charge in [0, 0.05) is 45.5 Å². The van der Waals surface area contributed by atoms with Gasteiger partial charge in [-0.15, -0.1) is 0 Å². The summed E-state index contributed by atoms with van der Waals surface area (Å²) < 4.78 is 30.1. The van der Waals surface area contributed by atoms with Crippen LogP contribution in [0.3, 0.4) is 0 Å². The molecule has 2 amide bonds. The van der Waals surface area contributed by atoms with Gasteiger partial charge in [0.05, 0.1) is 36.3 Å². The lowest BCUT2D eigenvalue weighted by Crippen LogP contribution is -2.68. The minimum Gasteiger partial charge on any atom is -0.350 e. The number of piperazine rings is 1. The SMILES string of the molecule is CCCC(CC)CCC(F)C=NC(C)C(C(=O)NC1CNCC(F)C1N1CCN(C(=O)C2CCCCN2CC)CC1)C(N)N. The van der Waals surface area contributed by atoms with Crippen molar-refractivity contribution in [1.82, 2.24) is 25.3 Å². The number of carbonyl (C=O) groups is 2. The van der Waals surface area contributed by atoms with E-state index in [-0.39, 0.29) is 18.5 Å². The summed E-state index contributed by atoms with van der Waals surface area (Å²) in [6.07, 6.45) is 5.34. The van der Waals surface area contributed by atoms with Gasteiger partial charge in [-0.3, -0.25) is 24.4 Å². The van der Waals surface area contributed by atoms with Crippen LogP contribution in [0, 0.1) is 11.8 Å². The predicted octanol–water partition coefficient (Wildman–Crippen LogP) is 2.06. The Morgan fingerprint density at radius 2 is 1.77 bits per heavy atom. The van der Waals surface area contributed by atoms with Crippen molar-refractivity contribution in [2.75, 3.05) is 52.4 Å². The number of amides is 2. The van der Waals surface area contributed by atoms with E-state index in [4.69, 9.17) is 11.5 Å². The monoisotopic (exact) mass is 626 g/mol. The predicted molar refractivity (Wildman–Crippen MR) is 173 cm³/mol. The molecule has 12 heteroatoms. The highest BCUT2D eigenvalue weighted by Crippen LogP contribution is 2.23. The van der Waals surface area contributed by atoms with Gasteiger partial charge in [0.15, 0.2) is 0 Å². The molecule has 6 N–H and O–H groups in total. The first-order valence-corrected chi connectivity index (χ1v) is 17.2. The number of likely N-dealkylation sites (N-methyl/N-ethyl adjacent to an activating group) is 1. The van der Waals surface area contributed by atoms with Gasteiger partial charge in [0.25, 0.3) is 0 Å². The van der Waals surface area contributed by atoms with Crippen molar-refractivity contribution in [2.45, 2.75) is 122 Å². The number of hydrogen-bond acceptors (Lipinski definition) is 8. The van der Waals surface area contributed by atoms with Gasteiger partial charge in [-0.25, -0.2) is 8.78 Å². The van der Waals surface area contributed by atoms with Gasteiger partial charge >= 0.3 is 0 Å². The van der Waals surface area contributed by atoms with E-state index in [1.165, 1.54) is 6.21 Å². The molecule has 8 atom stereocenters. The zero-order valence-corrected chi connectivity index (χ0v) is 27.6. The van der Waals surface area contributed by atoms with E-state index >= 15 is 4.39 Å². The number of piperidine rings is 2. The summed E-state index contributed by atoms with van der Waals surface area (Å²) in [6.45, 7) is 12.6. The summed E-state index contributed by atoms with van der Waals surface area (Å²) in [5.74, 6) is -0.628. The van der Waals surface area contributed by atoms with Crippen molar-refractivity contribution in [3.05, 3.63) is 0 Å². The summed E-state index contributed by atoms with van der Waals surface area (Å²) in [5.41, 5.74) is 12.1. The molecule has 0 saturated carbocycles. The molecule has 3 aliphatic heterocycles. The summed E-state index contributed by atoms with van der Waals surface area (Å²) in [5, 5.41) is 6.10. The zero-order chi connectivity index (χ0) is 32.2. The first-order chi connectivity index (χ1) is 21.1. The highest BCUT2D eigenvalue weighted by molar-refractivity contribution is 5.82. The van der Waals surface area contributed by atoms with Gasteiger partial charge in [-0.1, -0.05) is 46.5 Å². The Bertz CT molecular complexity index is 903. The third-order valence-corrected chi connectivity index (χ3v) is 10.0. The molecule has 0 aromatic heterocycles. The van der Waals surface area contributed by atoms with Crippen molar-refractivity contribution in [1.29, 1.82) is 0 Å². The van der Waals surface area contributed by atoms with Crippen LogP contribution in [0.4, 0.5) is 8.78 Å². The molecule has 3 fully saturated rings. The van der Waals surface area contributed by atoms with Crippen LogP contribution in [-0.2, 0) is 9.59 Å². The van der Waals surface area contributed by atoms with E-state index in [1.54, 1.807) is 6.92 Å². The van der Waals surface area contributed by atoms with Crippen LogP contribution in [0.1, 0.15) is 79.1 Å². The number of nitrogens with one attached hydrogen (secondary N) is 2. The number of halogens is 2. The number of likely N-dealkylation sites (tertiary alicyclic amines) is 1. The molecule has 0 aromatic carbocycles. The molecule has 44 heavy (non-hydrogen) atoms. The number of carbonyl (C=O) groups excluding carboxylic acids is 2. The second-order valence-corrected chi connectivity index (χ2v) is 13.1. The van der Waals surface area contributed by atoms with E-state index in [2.05, 4.69) is 46.2 Å². The van der Waals surface area contributed by atoms with Crippen molar-refractivity contribution >= 4 is 18.0 Å². The number of alkyl halides is 2. The average molecular weight is 627 g/mol. The highest BCUT2D eigenvalue weighted by Gasteiger charge is 2.42. The van der Waals surface area contributed by atoms with Gasteiger partial charge in [-0.2, -0.15) is 0 Å². The third-order valence-electron chi connectivity index (χ3n) is 10.0. The summed E-state index contributed by atoms with van der Waals surface area (Å²) in [6, 6.07) is -1.76. The molecule has 0 radical (unpaired) electrons. The van der Waals surface area contributed by atoms with E-state index in [0.29, 0.717) is 45.1 Å². The molecule has 8 unspecified atom stereocenters. The second-order valence-electron chi connectivity index (χ2n) is 13.1. The first-order valence-electron chi connectivity index (χ1n) is 17.2. The van der Waals surface area contributed by atoms with Crippen molar-refractivity contribution in [3.8, 4) is 0 Å². The lowest BCUT2D eigenvalue weighted by atomic mass is 9.93. The standard InChI is InChI=1S/C32H60F2N8O2/c1-5-10-23(6-2)12-13-24(33)19-38-22(4)28(30(35)36)31(43)39-26-21-37-20-25(34)29(26)41-15-17-42(18-16-41)32(44)27-11-8-9-14-40(27)7-3/h19,22-30,37H,5-18,20-21,35-36H2,1-4H3,(H,39,43). The fourth-order valence-electron chi connectivity index (χ4n) is 7.34. The second kappa shape index (κ2) is 18.4. The van der Waals surface area contributed by atoms with Crippen LogP contribution < -0.4 is 22.1 Å². The molecule has 10 nitrogen and oxygen atoms in total. The molecule has 0 aliphatic carbocycles. The maximum Gasteiger partial charge on any atom is 0.240 e. The normalized spacial score (nSPS) is 28.6. The smallest absolute Gasteiger partial charge is 0.240 e. The zero-order valence-electron chi connectivity index (χ0n) is 27.6. The lowest BCUT2D eigenvalue weighted by Gasteiger charge is -2.47. The number of aliphatic imine (C=N–C) groups is 1. The molecule has 0 aromatic rings. The van der Waals surface area contributed by atoms with Crippen LogP contribution in [0.2, 0.25) is 0 Å². The molecule has 3 saturated heterocycles. The molecular weight excluding hydrogens is 566 g/mol. The van der Waals surface area contributed by atoms with Crippen molar-refractivity contribution in [3.63, 3.8) is 0 Å². The first kappa shape index (κ1) is 36.7. The molecule has 3 heterocycles. The molecular formula is C32H60F2N8O2. The summed E-state index contributed by atoms with van der Waals surface area (Å²) in [7, 11) is 0. The summed E-state index contributed by atoms with van der Waals surface area (Å²) in [4.78, 5) is 37.5. The Hall–Kier alpha value is -1.73. The molecule has 3 rings (SSSR count). The Morgan fingerprint density at radius 1 is 1.05 bits per heavy atom. The van der Waals surface area contributed by atoms with Gasteiger partial charge < -0.3 is 27.0 Å². The number of hydrogen-bond donors (Lipinski definition) is 4. The average Bonchev–Trinajstić information content (AvgIpc) is 3.01. The van der Waals surface area contributed by atoms with Gasteiger partial charge in [-0.05, 0) is 51.6 Å². The van der Waals surface area contributed by atoms with E-state index in [0.717, 1.165) is 58.0 Å². The van der Waals surface area contributed by atoms with Crippen LogP contribution in [-0.4, -0.2) is 128 Å². The molecule has 0 bridgehead atoms. The van der Waals surface area contributed by atoms with E-state index in [1.807, 2.05) is 4.90 Å². The van der Waals surface area contributed by atoms with Crippen molar-refractivity contribution < 1.29 is 18.4 Å². The molecule has 3 aliphatic rings. The topological polar surface area (TPSA) is 132 Å². The maximum absolute atomic E-state index is 15.5.